The maximum atomic E-state index is 6.57. The quantitative estimate of drug-likeness (QED) is 0.171. The minimum Gasteiger partial charge on any atom is -0.455 e. The number of nitrogens with zero attached hydrogens (tertiary/aromatic N) is 3. The molecule has 3 heterocycles. The molecule has 8 aromatic carbocycles. The Balaban J connectivity index is 1.06. The number of thiophene rings is 1. The first-order chi connectivity index (χ1) is 27.7. The minimum atomic E-state index is 0.654. The molecule has 0 fully saturated rings. The number of hydrogen-bond donors (Lipinski definition) is 0. The van der Waals surface area contributed by atoms with Crippen molar-refractivity contribution in [1.29, 1.82) is 0 Å². The van der Waals surface area contributed by atoms with Crippen molar-refractivity contribution in [2.24, 2.45) is 0 Å². The van der Waals surface area contributed by atoms with E-state index in [2.05, 4.69) is 121 Å². The molecule has 0 radical (unpaired) electrons. The van der Waals surface area contributed by atoms with Crippen LogP contribution in [0.2, 0.25) is 0 Å². The Morgan fingerprint density at radius 2 is 0.929 bits per heavy atom. The molecule has 0 spiro atoms. The standard InChI is InChI=1S/C51H31N3OS/c1-4-13-32(14-5-1)33-23-25-34(26-24-33)42-29-38(30-43-39-19-10-11-21-44(39)55-48(42)43)37-27-28-40-46(31-37)56-45-22-12-20-41(47(40)45)51-53-49(35-15-6-2-7-16-35)52-50(54-51)36-17-8-3-9-18-36/h1-31H. The van der Waals surface area contributed by atoms with Gasteiger partial charge in [0, 0.05) is 53.2 Å². The van der Waals surface area contributed by atoms with Crippen LogP contribution < -0.4 is 0 Å². The second kappa shape index (κ2) is 13.3. The molecule has 5 heteroatoms. The van der Waals surface area contributed by atoms with E-state index < -0.39 is 0 Å². The summed E-state index contributed by atoms with van der Waals surface area (Å²) in [6.07, 6.45) is 0. The van der Waals surface area contributed by atoms with E-state index in [1.54, 1.807) is 11.3 Å². The molecule has 0 unspecified atom stereocenters. The summed E-state index contributed by atoms with van der Waals surface area (Å²) in [5, 5.41) is 4.55. The molecule has 56 heavy (non-hydrogen) atoms. The van der Waals surface area contributed by atoms with E-state index in [-0.39, 0.29) is 0 Å². The molecule has 0 saturated heterocycles. The lowest BCUT2D eigenvalue weighted by Gasteiger charge is -2.10. The average Bonchev–Trinajstić information content (AvgIpc) is 3.85. The van der Waals surface area contributed by atoms with Crippen molar-refractivity contribution in [3.63, 3.8) is 0 Å². The highest BCUT2D eigenvalue weighted by molar-refractivity contribution is 7.26. The molecule has 0 bridgehead atoms. The van der Waals surface area contributed by atoms with Crippen molar-refractivity contribution in [2.75, 3.05) is 0 Å². The highest BCUT2D eigenvalue weighted by Gasteiger charge is 2.19. The predicted octanol–water partition coefficient (Wildman–Crippen LogP) is 14.1. The zero-order valence-corrected chi connectivity index (χ0v) is 30.9. The number of benzene rings is 8. The van der Waals surface area contributed by atoms with Crippen LogP contribution in [-0.2, 0) is 0 Å². The highest BCUT2D eigenvalue weighted by Crippen LogP contribution is 2.44. The van der Waals surface area contributed by atoms with Gasteiger partial charge in [-0.3, -0.25) is 0 Å². The number of hydrogen-bond acceptors (Lipinski definition) is 5. The average molecular weight is 734 g/mol. The Morgan fingerprint density at radius 1 is 0.339 bits per heavy atom. The lowest BCUT2D eigenvalue weighted by atomic mass is 9.94. The summed E-state index contributed by atoms with van der Waals surface area (Å²) in [6.45, 7) is 0. The van der Waals surface area contributed by atoms with Crippen molar-refractivity contribution >= 4 is 53.4 Å². The molecule has 0 aliphatic carbocycles. The van der Waals surface area contributed by atoms with Crippen LogP contribution in [0.15, 0.2) is 192 Å². The Kier molecular flexibility index (Phi) is 7.64. The lowest BCUT2D eigenvalue weighted by Crippen LogP contribution is -2.00. The molecule has 262 valence electrons. The summed E-state index contributed by atoms with van der Waals surface area (Å²) in [6, 6.07) is 65.7. The van der Waals surface area contributed by atoms with E-state index in [0.29, 0.717) is 17.5 Å². The fraction of sp³-hybridized carbons (Fsp3) is 0. The van der Waals surface area contributed by atoms with Gasteiger partial charge >= 0.3 is 0 Å². The fourth-order valence-corrected chi connectivity index (χ4v) is 8.97. The molecule has 0 aliphatic heterocycles. The van der Waals surface area contributed by atoms with E-state index >= 15 is 0 Å². The summed E-state index contributed by atoms with van der Waals surface area (Å²) in [7, 11) is 0. The summed E-state index contributed by atoms with van der Waals surface area (Å²) >= 11 is 1.80. The van der Waals surface area contributed by atoms with Gasteiger partial charge in [0.25, 0.3) is 0 Å². The van der Waals surface area contributed by atoms with Gasteiger partial charge < -0.3 is 4.42 Å². The Labute approximate surface area is 327 Å². The third kappa shape index (κ3) is 5.56. The SMILES string of the molecule is c1ccc(-c2ccc(-c3cc(-c4ccc5c(c4)sc4cccc(-c6nc(-c7ccccc7)nc(-c7ccccc7)n6)c45)cc4c3oc3ccccc34)cc2)cc1. The van der Waals surface area contributed by atoms with Crippen LogP contribution in [0.25, 0.3) is 110 Å². The molecule has 0 aliphatic rings. The van der Waals surface area contributed by atoms with Crippen molar-refractivity contribution in [1.82, 2.24) is 15.0 Å². The van der Waals surface area contributed by atoms with Gasteiger partial charge in [-0.25, -0.2) is 15.0 Å². The summed E-state index contributed by atoms with van der Waals surface area (Å²) < 4.78 is 8.96. The Morgan fingerprint density at radius 3 is 1.64 bits per heavy atom. The number of rotatable bonds is 6. The van der Waals surface area contributed by atoms with E-state index in [1.165, 1.54) is 25.9 Å². The molecule has 11 aromatic rings. The van der Waals surface area contributed by atoms with Gasteiger partial charge in [-0.05, 0) is 58.1 Å². The summed E-state index contributed by atoms with van der Waals surface area (Å²) in [4.78, 5) is 15.1. The van der Waals surface area contributed by atoms with Gasteiger partial charge in [0.2, 0.25) is 0 Å². The van der Waals surface area contributed by atoms with Crippen LogP contribution in [0.5, 0.6) is 0 Å². The maximum absolute atomic E-state index is 6.57. The maximum Gasteiger partial charge on any atom is 0.164 e. The van der Waals surface area contributed by atoms with Crippen molar-refractivity contribution in [3.05, 3.63) is 188 Å². The van der Waals surface area contributed by atoms with Crippen LogP contribution in [0.1, 0.15) is 0 Å². The largest absolute Gasteiger partial charge is 0.455 e. The first-order valence-corrected chi connectivity index (χ1v) is 19.5. The minimum absolute atomic E-state index is 0.654. The van der Waals surface area contributed by atoms with Crippen molar-refractivity contribution in [2.45, 2.75) is 0 Å². The van der Waals surface area contributed by atoms with Gasteiger partial charge in [0.15, 0.2) is 17.5 Å². The summed E-state index contributed by atoms with van der Waals surface area (Å²) in [5.74, 6) is 1.97. The molecule has 0 amide bonds. The highest BCUT2D eigenvalue weighted by atomic mass is 32.1. The Hall–Kier alpha value is -7.21. The smallest absolute Gasteiger partial charge is 0.164 e. The molecule has 4 nitrogen and oxygen atoms in total. The van der Waals surface area contributed by atoms with E-state index in [9.17, 15) is 0 Å². The van der Waals surface area contributed by atoms with E-state index in [4.69, 9.17) is 19.4 Å². The van der Waals surface area contributed by atoms with Crippen LogP contribution in [-0.4, -0.2) is 15.0 Å². The fourth-order valence-electron chi connectivity index (χ4n) is 7.80. The number of fused-ring (bicyclic) bond motifs is 6. The molecular weight excluding hydrogens is 703 g/mol. The monoisotopic (exact) mass is 733 g/mol. The van der Waals surface area contributed by atoms with Gasteiger partial charge in [-0.1, -0.05) is 158 Å². The molecule has 0 N–H and O–H groups in total. The topological polar surface area (TPSA) is 51.8 Å². The van der Waals surface area contributed by atoms with Crippen molar-refractivity contribution in [3.8, 4) is 67.5 Å². The summed E-state index contributed by atoms with van der Waals surface area (Å²) in [5.41, 5.74) is 11.6. The van der Waals surface area contributed by atoms with Gasteiger partial charge in [-0.15, -0.1) is 11.3 Å². The van der Waals surface area contributed by atoms with E-state index in [1.807, 2.05) is 66.7 Å². The van der Waals surface area contributed by atoms with Gasteiger partial charge in [-0.2, -0.15) is 0 Å². The number of furan rings is 1. The predicted molar refractivity (Wildman–Crippen MR) is 233 cm³/mol. The number of para-hydroxylation sites is 1. The first-order valence-electron chi connectivity index (χ1n) is 18.7. The molecule has 0 saturated carbocycles. The molecule has 3 aromatic heterocycles. The zero-order chi connectivity index (χ0) is 37.0. The van der Waals surface area contributed by atoms with Crippen LogP contribution >= 0.6 is 11.3 Å². The number of aromatic nitrogens is 3. The molecular formula is C51H31N3OS. The van der Waals surface area contributed by atoms with Crippen LogP contribution in [0, 0.1) is 0 Å². The van der Waals surface area contributed by atoms with E-state index in [0.717, 1.165) is 66.3 Å². The van der Waals surface area contributed by atoms with Crippen LogP contribution in [0.4, 0.5) is 0 Å². The molecule has 0 atom stereocenters. The third-order valence-corrected chi connectivity index (χ3v) is 11.7. The Bertz CT molecular complexity index is 3170. The zero-order valence-electron chi connectivity index (χ0n) is 30.1. The van der Waals surface area contributed by atoms with Crippen LogP contribution in [0.3, 0.4) is 0 Å². The van der Waals surface area contributed by atoms with Gasteiger partial charge in [0.1, 0.15) is 11.2 Å². The first kappa shape index (κ1) is 32.2. The normalized spacial score (nSPS) is 11.6. The third-order valence-electron chi connectivity index (χ3n) is 10.6. The second-order valence-corrected chi connectivity index (χ2v) is 15.1. The van der Waals surface area contributed by atoms with Crippen molar-refractivity contribution < 1.29 is 4.42 Å². The molecule has 11 rings (SSSR count). The second-order valence-electron chi connectivity index (χ2n) is 14.0. The van der Waals surface area contributed by atoms with Gasteiger partial charge in [0.05, 0.1) is 0 Å². The lowest BCUT2D eigenvalue weighted by molar-refractivity contribution is 0.670.